The number of rotatable bonds is 4. The number of aromatic nitrogens is 2. The number of nitrogens with one attached hydrogen (secondary N) is 1. The van der Waals surface area contributed by atoms with Crippen molar-refractivity contribution in [2.75, 3.05) is 19.0 Å². The van der Waals surface area contributed by atoms with Crippen molar-refractivity contribution in [3.05, 3.63) is 28.4 Å². The lowest BCUT2D eigenvalue weighted by atomic mass is 10.2. The van der Waals surface area contributed by atoms with Gasteiger partial charge in [0.15, 0.2) is 17.3 Å². The van der Waals surface area contributed by atoms with Crippen LogP contribution in [0.5, 0.6) is 11.5 Å². The van der Waals surface area contributed by atoms with Gasteiger partial charge < -0.3 is 15.2 Å². The van der Waals surface area contributed by atoms with Crippen molar-refractivity contribution >= 4 is 21.7 Å². The molecule has 0 saturated carbocycles. The van der Waals surface area contributed by atoms with Gasteiger partial charge in [0.2, 0.25) is 0 Å². The molecule has 0 bridgehead atoms. The minimum atomic E-state index is 0.0687. The Balaban J connectivity index is 2.49. The van der Waals surface area contributed by atoms with Crippen LogP contribution in [0.3, 0.4) is 0 Å². The number of nitrogens with zero attached hydrogens (tertiary/aromatic N) is 2. The number of aromatic hydroxyl groups is 1. The van der Waals surface area contributed by atoms with E-state index in [1.807, 2.05) is 19.9 Å². The third kappa shape index (κ3) is 2.85. The maximum Gasteiger partial charge on any atom is 0.161 e. The molecule has 1 aromatic carbocycles. The highest BCUT2D eigenvalue weighted by Crippen LogP contribution is 2.32. The van der Waals surface area contributed by atoms with Crippen LogP contribution in [0.25, 0.3) is 11.4 Å². The van der Waals surface area contributed by atoms with Gasteiger partial charge in [-0.1, -0.05) is 0 Å². The van der Waals surface area contributed by atoms with E-state index in [1.54, 1.807) is 12.1 Å². The first kappa shape index (κ1) is 14.6. The van der Waals surface area contributed by atoms with E-state index in [9.17, 15) is 5.11 Å². The number of phenols is 1. The van der Waals surface area contributed by atoms with Crippen LogP contribution in [0.2, 0.25) is 0 Å². The van der Waals surface area contributed by atoms with Gasteiger partial charge in [0.25, 0.3) is 0 Å². The fourth-order valence-electron chi connectivity index (χ4n) is 1.80. The maximum atomic E-state index is 9.84. The van der Waals surface area contributed by atoms with Crippen molar-refractivity contribution < 1.29 is 9.84 Å². The van der Waals surface area contributed by atoms with Gasteiger partial charge >= 0.3 is 0 Å². The van der Waals surface area contributed by atoms with Crippen LogP contribution in [0.4, 0.5) is 5.82 Å². The average Bonchev–Trinajstić information content (AvgIpc) is 2.43. The number of halogens is 1. The van der Waals surface area contributed by atoms with Crippen LogP contribution >= 0.6 is 15.9 Å². The Hall–Kier alpha value is -1.82. The van der Waals surface area contributed by atoms with E-state index in [0.29, 0.717) is 11.6 Å². The smallest absolute Gasteiger partial charge is 0.161 e. The second-order valence-corrected chi connectivity index (χ2v) is 5.01. The van der Waals surface area contributed by atoms with Crippen molar-refractivity contribution in [2.45, 2.75) is 13.8 Å². The lowest BCUT2D eigenvalue weighted by Crippen LogP contribution is -2.04. The lowest BCUT2D eigenvalue weighted by Gasteiger charge is -2.11. The Morgan fingerprint density at radius 2 is 2.10 bits per heavy atom. The van der Waals surface area contributed by atoms with Gasteiger partial charge in [-0.15, -0.1) is 0 Å². The normalized spacial score (nSPS) is 10.4. The van der Waals surface area contributed by atoms with Crippen LogP contribution < -0.4 is 10.1 Å². The number of aryl methyl sites for hydroxylation is 1. The van der Waals surface area contributed by atoms with Gasteiger partial charge in [-0.3, -0.25) is 0 Å². The molecule has 0 radical (unpaired) electrons. The summed E-state index contributed by atoms with van der Waals surface area (Å²) in [4.78, 5) is 8.90. The number of hydrogen-bond donors (Lipinski definition) is 2. The summed E-state index contributed by atoms with van der Waals surface area (Å²) in [5.41, 5.74) is 1.57. The predicted molar refractivity (Wildman–Crippen MR) is 82.3 cm³/mol. The van der Waals surface area contributed by atoms with E-state index in [-0.39, 0.29) is 5.75 Å². The Labute approximate surface area is 126 Å². The highest BCUT2D eigenvalue weighted by molar-refractivity contribution is 9.10. The molecule has 0 aliphatic carbocycles. The number of ether oxygens (including phenoxy) is 1. The van der Waals surface area contributed by atoms with Gasteiger partial charge in [0.1, 0.15) is 5.82 Å². The first-order chi connectivity index (χ1) is 9.56. The van der Waals surface area contributed by atoms with Crippen molar-refractivity contribution in [2.24, 2.45) is 0 Å². The average molecular weight is 338 g/mol. The summed E-state index contributed by atoms with van der Waals surface area (Å²) in [5, 5.41) is 13.0. The summed E-state index contributed by atoms with van der Waals surface area (Å²) in [6, 6.07) is 5.10. The minimum Gasteiger partial charge on any atom is -0.504 e. The van der Waals surface area contributed by atoms with E-state index in [1.165, 1.54) is 7.11 Å². The first-order valence-electron chi connectivity index (χ1n) is 6.22. The van der Waals surface area contributed by atoms with Crippen molar-refractivity contribution in [1.29, 1.82) is 0 Å². The summed E-state index contributed by atoms with van der Waals surface area (Å²) in [6.45, 7) is 4.67. The van der Waals surface area contributed by atoms with Crippen LogP contribution in [0.15, 0.2) is 22.7 Å². The highest BCUT2D eigenvalue weighted by Gasteiger charge is 2.12. The van der Waals surface area contributed by atoms with Gasteiger partial charge in [-0.25, -0.2) is 9.97 Å². The molecular weight excluding hydrogens is 322 g/mol. The zero-order chi connectivity index (χ0) is 14.7. The molecule has 0 aliphatic heterocycles. The molecule has 2 N–H and O–H groups in total. The number of anilines is 1. The largest absolute Gasteiger partial charge is 0.504 e. The fourth-order valence-corrected chi connectivity index (χ4v) is 2.12. The van der Waals surface area contributed by atoms with E-state index >= 15 is 0 Å². The standard InChI is InChI=1S/C14H16BrN3O2/c1-4-16-14-12(15)8(2)17-13(18-14)9-5-6-11(20-3)10(19)7-9/h5-7,19H,4H2,1-3H3,(H,16,17,18). The van der Waals surface area contributed by atoms with Crippen molar-refractivity contribution in [3.63, 3.8) is 0 Å². The van der Waals surface area contributed by atoms with E-state index < -0.39 is 0 Å². The van der Waals surface area contributed by atoms with Crippen LogP contribution in [0, 0.1) is 6.92 Å². The van der Waals surface area contributed by atoms with Crippen LogP contribution in [0.1, 0.15) is 12.6 Å². The molecule has 2 aromatic rings. The van der Waals surface area contributed by atoms with E-state index in [0.717, 1.165) is 28.1 Å². The molecule has 0 fully saturated rings. The van der Waals surface area contributed by atoms with Gasteiger partial charge in [-0.05, 0) is 48.0 Å². The molecule has 0 aliphatic rings. The van der Waals surface area contributed by atoms with Crippen molar-refractivity contribution in [1.82, 2.24) is 9.97 Å². The summed E-state index contributed by atoms with van der Waals surface area (Å²) >= 11 is 3.47. The van der Waals surface area contributed by atoms with Gasteiger partial charge in [0, 0.05) is 12.1 Å². The molecule has 5 nitrogen and oxygen atoms in total. The molecule has 6 heteroatoms. The molecule has 0 amide bonds. The third-order valence-electron chi connectivity index (χ3n) is 2.80. The number of benzene rings is 1. The second kappa shape index (κ2) is 6.09. The summed E-state index contributed by atoms with van der Waals surface area (Å²) in [6.07, 6.45) is 0. The lowest BCUT2D eigenvalue weighted by molar-refractivity contribution is 0.373. The number of methoxy groups -OCH3 is 1. The van der Waals surface area contributed by atoms with E-state index in [2.05, 4.69) is 31.2 Å². The quantitative estimate of drug-likeness (QED) is 0.895. The molecule has 1 heterocycles. The number of hydrogen-bond acceptors (Lipinski definition) is 5. The van der Waals surface area contributed by atoms with Gasteiger partial charge in [0.05, 0.1) is 17.3 Å². The van der Waals surface area contributed by atoms with Crippen LogP contribution in [-0.2, 0) is 0 Å². The highest BCUT2D eigenvalue weighted by atomic mass is 79.9. The molecule has 2 rings (SSSR count). The molecule has 0 spiro atoms. The minimum absolute atomic E-state index is 0.0687. The predicted octanol–water partition coefficient (Wildman–Crippen LogP) is 3.36. The zero-order valence-electron chi connectivity index (χ0n) is 11.6. The second-order valence-electron chi connectivity index (χ2n) is 4.21. The number of phenolic OH excluding ortho intramolecular Hbond substituents is 1. The zero-order valence-corrected chi connectivity index (χ0v) is 13.2. The summed E-state index contributed by atoms with van der Waals surface area (Å²) in [5.74, 6) is 1.79. The monoisotopic (exact) mass is 337 g/mol. The molecule has 0 saturated heterocycles. The topological polar surface area (TPSA) is 67.3 Å². The Kier molecular flexibility index (Phi) is 4.44. The third-order valence-corrected chi connectivity index (χ3v) is 3.75. The SMILES string of the molecule is CCNc1nc(-c2ccc(OC)c(O)c2)nc(C)c1Br. The Morgan fingerprint density at radius 1 is 1.35 bits per heavy atom. The van der Waals surface area contributed by atoms with Crippen molar-refractivity contribution in [3.8, 4) is 22.9 Å². The van der Waals surface area contributed by atoms with Crippen LogP contribution in [-0.4, -0.2) is 28.7 Å². The van der Waals surface area contributed by atoms with E-state index in [4.69, 9.17) is 4.74 Å². The Morgan fingerprint density at radius 3 is 2.70 bits per heavy atom. The maximum absolute atomic E-state index is 9.84. The molecule has 106 valence electrons. The Bertz CT molecular complexity index is 632. The molecule has 1 aromatic heterocycles. The summed E-state index contributed by atoms with van der Waals surface area (Å²) < 4.78 is 5.88. The molecule has 0 atom stereocenters. The first-order valence-corrected chi connectivity index (χ1v) is 7.01. The summed E-state index contributed by atoms with van der Waals surface area (Å²) in [7, 11) is 1.51. The fraction of sp³-hybridized carbons (Fsp3) is 0.286. The molecule has 0 unspecified atom stereocenters. The molecule has 20 heavy (non-hydrogen) atoms. The van der Waals surface area contributed by atoms with Gasteiger partial charge in [-0.2, -0.15) is 0 Å². The molecular formula is C14H16BrN3O2.